The van der Waals surface area contributed by atoms with Crippen molar-refractivity contribution in [1.29, 1.82) is 0 Å². The van der Waals surface area contributed by atoms with E-state index in [1.165, 1.54) is 11.3 Å². The summed E-state index contributed by atoms with van der Waals surface area (Å²) in [5, 5.41) is 3.08. The van der Waals surface area contributed by atoms with Crippen LogP contribution in [0.2, 0.25) is 0 Å². The summed E-state index contributed by atoms with van der Waals surface area (Å²) in [6.07, 6.45) is 0.870. The maximum Gasteiger partial charge on any atom is 0.252 e. The quantitative estimate of drug-likeness (QED) is 0.874. The lowest BCUT2D eigenvalue weighted by molar-refractivity contribution is 0.170. The van der Waals surface area contributed by atoms with Crippen molar-refractivity contribution in [2.45, 2.75) is 23.6 Å². The van der Waals surface area contributed by atoms with Crippen molar-refractivity contribution in [1.82, 2.24) is 14.5 Å². The van der Waals surface area contributed by atoms with Crippen LogP contribution in [0.3, 0.4) is 0 Å². The largest absolute Gasteiger partial charge is 0.319 e. The second-order valence-electron chi connectivity index (χ2n) is 5.30. The molecule has 1 aromatic heterocycles. The Bertz CT molecular complexity index is 542. The molecule has 1 aliphatic rings. The van der Waals surface area contributed by atoms with Crippen LogP contribution in [0, 0.1) is 0 Å². The summed E-state index contributed by atoms with van der Waals surface area (Å²) in [6.45, 7) is 5.00. The fourth-order valence-corrected chi connectivity index (χ4v) is 5.57. The fraction of sp³-hybridized carbons (Fsp3) is 0.692. The van der Waals surface area contributed by atoms with E-state index >= 15 is 0 Å². The number of nitrogens with zero attached hydrogens (tertiary/aromatic N) is 2. The Morgan fingerprint density at radius 3 is 2.80 bits per heavy atom. The molecule has 0 amide bonds. The van der Waals surface area contributed by atoms with E-state index in [0.29, 0.717) is 10.8 Å². The first kappa shape index (κ1) is 15.9. The van der Waals surface area contributed by atoms with Gasteiger partial charge in [-0.1, -0.05) is 0 Å². The molecule has 7 heteroatoms. The van der Waals surface area contributed by atoms with Crippen molar-refractivity contribution in [3.8, 4) is 0 Å². The molecular weight excluding hydrogens is 294 g/mol. The topological polar surface area (TPSA) is 52.7 Å². The number of nitrogens with one attached hydrogen (secondary N) is 1. The van der Waals surface area contributed by atoms with Crippen molar-refractivity contribution in [3.05, 3.63) is 17.0 Å². The molecule has 0 aromatic carbocycles. The van der Waals surface area contributed by atoms with Gasteiger partial charge in [0.1, 0.15) is 4.21 Å². The van der Waals surface area contributed by atoms with Crippen LogP contribution < -0.4 is 5.32 Å². The molecule has 0 aliphatic carbocycles. The van der Waals surface area contributed by atoms with Crippen molar-refractivity contribution >= 4 is 21.4 Å². The van der Waals surface area contributed by atoms with Crippen LogP contribution >= 0.6 is 11.3 Å². The van der Waals surface area contributed by atoms with E-state index in [9.17, 15) is 8.42 Å². The number of sulfonamides is 1. The lowest BCUT2D eigenvalue weighted by Crippen LogP contribution is -2.52. The molecule has 1 aliphatic heterocycles. The summed E-state index contributed by atoms with van der Waals surface area (Å²) >= 11 is 1.39. The average Bonchev–Trinajstić information content (AvgIpc) is 2.85. The molecule has 1 N–H and O–H groups in total. The van der Waals surface area contributed by atoms with E-state index in [4.69, 9.17) is 0 Å². The van der Waals surface area contributed by atoms with Gasteiger partial charge in [0.2, 0.25) is 0 Å². The standard InChI is InChI=1S/C13H23N3O2S2/c1-11-10-15(3)8-9-16(11)20(17,18)13-5-4-12(19-13)6-7-14-2/h4-5,11,14H,6-10H2,1-3H3. The number of hydrogen-bond acceptors (Lipinski definition) is 5. The van der Waals surface area contributed by atoms with Crippen LogP contribution in [0.25, 0.3) is 0 Å². The molecule has 1 fully saturated rings. The highest BCUT2D eigenvalue weighted by Crippen LogP contribution is 2.27. The van der Waals surface area contributed by atoms with Crippen molar-refractivity contribution in [3.63, 3.8) is 0 Å². The molecular formula is C13H23N3O2S2. The lowest BCUT2D eigenvalue weighted by Gasteiger charge is -2.36. The van der Waals surface area contributed by atoms with Gasteiger partial charge < -0.3 is 10.2 Å². The van der Waals surface area contributed by atoms with Gasteiger partial charge in [-0.05, 0) is 46.1 Å². The van der Waals surface area contributed by atoms with Crippen LogP contribution in [0.15, 0.2) is 16.3 Å². The molecule has 0 radical (unpaired) electrons. The molecule has 0 spiro atoms. The van der Waals surface area contributed by atoms with Crippen LogP contribution in [-0.4, -0.2) is 63.9 Å². The number of hydrogen-bond donors (Lipinski definition) is 1. The first-order valence-corrected chi connectivity index (χ1v) is 9.14. The molecule has 1 atom stereocenters. The normalized spacial score (nSPS) is 22.2. The van der Waals surface area contributed by atoms with Gasteiger partial charge in [0, 0.05) is 30.6 Å². The van der Waals surface area contributed by atoms with Gasteiger partial charge in [-0.3, -0.25) is 0 Å². The van der Waals surface area contributed by atoms with Gasteiger partial charge in [-0.25, -0.2) is 8.42 Å². The van der Waals surface area contributed by atoms with E-state index < -0.39 is 10.0 Å². The van der Waals surface area contributed by atoms with Crippen molar-refractivity contribution in [2.24, 2.45) is 0 Å². The van der Waals surface area contributed by atoms with Crippen molar-refractivity contribution in [2.75, 3.05) is 40.3 Å². The Labute approximate surface area is 125 Å². The predicted octanol–water partition coefficient (Wildman–Crippen LogP) is 0.835. The molecule has 1 aromatic rings. The summed E-state index contributed by atoms with van der Waals surface area (Å²) in [5.74, 6) is 0. The van der Waals surface area contributed by atoms with E-state index in [1.807, 2.05) is 27.1 Å². The second kappa shape index (κ2) is 6.53. The zero-order valence-corrected chi connectivity index (χ0v) is 13.9. The third-order valence-corrected chi connectivity index (χ3v) is 7.22. The highest BCUT2D eigenvalue weighted by Gasteiger charge is 2.33. The summed E-state index contributed by atoms with van der Waals surface area (Å²) in [6, 6.07) is 3.70. The molecule has 2 heterocycles. The summed E-state index contributed by atoms with van der Waals surface area (Å²) < 4.78 is 27.5. The Kier molecular flexibility index (Phi) is 5.19. The van der Waals surface area contributed by atoms with E-state index in [-0.39, 0.29) is 6.04 Å². The number of piperazine rings is 1. The lowest BCUT2D eigenvalue weighted by atomic mass is 10.2. The van der Waals surface area contributed by atoms with Gasteiger partial charge in [0.25, 0.3) is 10.0 Å². The first-order valence-electron chi connectivity index (χ1n) is 6.89. The Hall–Kier alpha value is -0.470. The Morgan fingerprint density at radius 2 is 2.15 bits per heavy atom. The predicted molar refractivity (Wildman–Crippen MR) is 82.8 cm³/mol. The minimum atomic E-state index is -3.33. The third-order valence-electron chi connectivity index (χ3n) is 3.59. The number of rotatable bonds is 5. The minimum Gasteiger partial charge on any atom is -0.319 e. The van der Waals surface area contributed by atoms with Crippen LogP contribution in [0.4, 0.5) is 0 Å². The molecule has 1 unspecified atom stereocenters. The molecule has 5 nitrogen and oxygen atoms in total. The van der Waals surface area contributed by atoms with Crippen LogP contribution in [0.5, 0.6) is 0 Å². The zero-order chi connectivity index (χ0) is 14.8. The zero-order valence-electron chi connectivity index (χ0n) is 12.3. The maximum absolute atomic E-state index is 12.7. The molecule has 2 rings (SSSR count). The maximum atomic E-state index is 12.7. The van der Waals surface area contributed by atoms with E-state index in [0.717, 1.165) is 30.9 Å². The smallest absolute Gasteiger partial charge is 0.252 e. The second-order valence-corrected chi connectivity index (χ2v) is 8.59. The third kappa shape index (κ3) is 3.40. The molecule has 114 valence electrons. The highest BCUT2D eigenvalue weighted by molar-refractivity contribution is 7.91. The summed E-state index contributed by atoms with van der Waals surface area (Å²) in [5.41, 5.74) is 0. The number of likely N-dealkylation sites (N-methyl/N-ethyl adjacent to an activating group) is 2. The molecule has 1 saturated heterocycles. The van der Waals surface area contributed by atoms with Gasteiger partial charge in [-0.15, -0.1) is 11.3 Å². The Morgan fingerprint density at radius 1 is 1.40 bits per heavy atom. The SMILES string of the molecule is CNCCc1ccc(S(=O)(=O)N2CCN(C)CC2C)s1. The van der Waals surface area contributed by atoms with Crippen molar-refractivity contribution < 1.29 is 8.42 Å². The van der Waals surface area contributed by atoms with Crippen LogP contribution in [-0.2, 0) is 16.4 Å². The van der Waals surface area contributed by atoms with Gasteiger partial charge in [0.15, 0.2) is 0 Å². The fourth-order valence-electron chi connectivity index (χ4n) is 2.48. The van der Waals surface area contributed by atoms with Gasteiger partial charge in [-0.2, -0.15) is 4.31 Å². The minimum absolute atomic E-state index is 0.0293. The molecule has 20 heavy (non-hydrogen) atoms. The molecule has 0 saturated carbocycles. The van der Waals surface area contributed by atoms with Gasteiger partial charge >= 0.3 is 0 Å². The summed E-state index contributed by atoms with van der Waals surface area (Å²) in [4.78, 5) is 3.28. The highest BCUT2D eigenvalue weighted by atomic mass is 32.2. The average molecular weight is 317 g/mol. The first-order chi connectivity index (χ1) is 9.45. The van der Waals surface area contributed by atoms with Gasteiger partial charge in [0.05, 0.1) is 0 Å². The monoisotopic (exact) mass is 317 g/mol. The van der Waals surface area contributed by atoms with Crippen LogP contribution in [0.1, 0.15) is 11.8 Å². The molecule has 0 bridgehead atoms. The Balaban J connectivity index is 2.15. The van der Waals surface area contributed by atoms with E-state index in [2.05, 4.69) is 10.2 Å². The number of thiophene rings is 1. The van der Waals surface area contributed by atoms with E-state index in [1.54, 1.807) is 10.4 Å². The summed E-state index contributed by atoms with van der Waals surface area (Å²) in [7, 11) is 0.595.